The van der Waals surface area contributed by atoms with E-state index in [0.29, 0.717) is 0 Å². The molecule has 20 heavy (non-hydrogen) atoms. The van der Waals surface area contributed by atoms with Crippen molar-refractivity contribution in [1.29, 1.82) is 0 Å². The minimum Gasteiger partial charge on any atom is -0.465 e. The summed E-state index contributed by atoms with van der Waals surface area (Å²) < 4.78 is 5.29. The van der Waals surface area contributed by atoms with Crippen molar-refractivity contribution < 1.29 is 14.6 Å². The zero-order chi connectivity index (χ0) is 14.5. The van der Waals surface area contributed by atoms with Gasteiger partial charge >= 0.3 is 6.09 Å². The van der Waals surface area contributed by atoms with Crippen molar-refractivity contribution in [2.45, 2.75) is 25.0 Å². The summed E-state index contributed by atoms with van der Waals surface area (Å²) in [6.45, 7) is 4.41. The molecule has 0 spiro atoms. The summed E-state index contributed by atoms with van der Waals surface area (Å²) >= 11 is 0. The minimum atomic E-state index is -0.961. The molecule has 2 N–H and O–H groups in total. The van der Waals surface area contributed by atoms with E-state index in [0.717, 1.165) is 19.6 Å². The molecule has 1 amide bonds. The van der Waals surface area contributed by atoms with Gasteiger partial charge in [-0.2, -0.15) is 0 Å². The first-order valence-electron chi connectivity index (χ1n) is 6.89. The Morgan fingerprint density at radius 3 is 2.75 bits per heavy atom. The van der Waals surface area contributed by atoms with Gasteiger partial charge in [0, 0.05) is 32.7 Å². The maximum atomic E-state index is 11.0. The largest absolute Gasteiger partial charge is 0.465 e. The summed E-state index contributed by atoms with van der Waals surface area (Å²) in [5.41, 5.74) is 1.18. The molecule has 0 unspecified atom stereocenters. The molecule has 5 nitrogen and oxygen atoms in total. The second-order valence-electron chi connectivity index (χ2n) is 5.34. The summed E-state index contributed by atoms with van der Waals surface area (Å²) in [6, 6.07) is 10.0. The van der Waals surface area contributed by atoms with Gasteiger partial charge in [-0.3, -0.25) is 4.90 Å². The van der Waals surface area contributed by atoms with Gasteiger partial charge in [-0.05, 0) is 12.5 Å². The average molecular weight is 278 g/mol. The van der Waals surface area contributed by atoms with Crippen LogP contribution in [-0.2, 0) is 4.74 Å². The number of hydrogen-bond donors (Lipinski definition) is 2. The lowest BCUT2D eigenvalue weighted by Gasteiger charge is -2.19. The fourth-order valence-corrected chi connectivity index (χ4v) is 2.82. The molecule has 1 aliphatic heterocycles. The smallest absolute Gasteiger partial charge is 0.404 e. The molecule has 1 heterocycles. The van der Waals surface area contributed by atoms with Crippen molar-refractivity contribution >= 4 is 6.09 Å². The molecule has 2 rings (SSSR count). The molecule has 0 radical (unpaired) electrons. The Labute approximate surface area is 119 Å². The second-order valence-corrected chi connectivity index (χ2v) is 5.34. The molecule has 0 saturated carbocycles. The number of rotatable bonds is 5. The fraction of sp³-hybridized carbons (Fsp3) is 0.533. The summed E-state index contributed by atoms with van der Waals surface area (Å²) in [4.78, 5) is 13.2. The number of amides is 1. The van der Waals surface area contributed by atoms with Crippen molar-refractivity contribution in [3.8, 4) is 0 Å². The van der Waals surface area contributed by atoms with Crippen molar-refractivity contribution in [1.82, 2.24) is 10.2 Å². The highest BCUT2D eigenvalue weighted by Gasteiger charge is 2.35. The van der Waals surface area contributed by atoms with E-state index in [1.807, 2.05) is 25.1 Å². The lowest BCUT2D eigenvalue weighted by atomic mass is 9.94. The van der Waals surface area contributed by atoms with Gasteiger partial charge in [0.25, 0.3) is 0 Å². The third kappa shape index (κ3) is 3.71. The number of hydrogen-bond acceptors (Lipinski definition) is 3. The molecule has 0 bridgehead atoms. The number of benzene rings is 1. The van der Waals surface area contributed by atoms with Crippen LogP contribution < -0.4 is 5.32 Å². The van der Waals surface area contributed by atoms with Gasteiger partial charge in [0.15, 0.2) is 0 Å². The first-order valence-corrected chi connectivity index (χ1v) is 6.89. The molecule has 0 aliphatic carbocycles. The maximum Gasteiger partial charge on any atom is 0.404 e. The van der Waals surface area contributed by atoms with Gasteiger partial charge in [0.2, 0.25) is 0 Å². The quantitative estimate of drug-likeness (QED) is 0.861. The third-order valence-corrected chi connectivity index (χ3v) is 3.85. The van der Waals surface area contributed by atoms with Crippen molar-refractivity contribution in [2.24, 2.45) is 0 Å². The molecule has 0 aromatic heterocycles. The molecular formula is C15H22N2O3. The van der Waals surface area contributed by atoms with E-state index >= 15 is 0 Å². The van der Waals surface area contributed by atoms with Crippen LogP contribution in [0, 0.1) is 0 Å². The SMILES string of the molecule is CO[C@@H](C)CN1C[C@@H](NC(=O)O)[C@H](c2ccccc2)C1. The van der Waals surface area contributed by atoms with E-state index in [1.165, 1.54) is 5.56 Å². The molecule has 1 aliphatic rings. The lowest BCUT2D eigenvalue weighted by molar-refractivity contribution is 0.0842. The van der Waals surface area contributed by atoms with Gasteiger partial charge in [-0.1, -0.05) is 30.3 Å². The Morgan fingerprint density at radius 2 is 2.15 bits per heavy atom. The van der Waals surface area contributed by atoms with E-state index in [-0.39, 0.29) is 18.1 Å². The first-order chi connectivity index (χ1) is 9.60. The topological polar surface area (TPSA) is 61.8 Å². The van der Waals surface area contributed by atoms with Crippen LogP contribution in [0.15, 0.2) is 30.3 Å². The Kier molecular flexibility index (Phi) is 4.98. The molecule has 1 saturated heterocycles. The number of carbonyl (C=O) groups is 1. The predicted octanol–water partition coefficient (Wildman–Crippen LogP) is 1.76. The number of nitrogens with zero attached hydrogens (tertiary/aromatic N) is 1. The zero-order valence-electron chi connectivity index (χ0n) is 12.0. The molecule has 1 aromatic carbocycles. The highest BCUT2D eigenvalue weighted by atomic mass is 16.5. The lowest BCUT2D eigenvalue weighted by Crippen LogP contribution is -2.39. The van der Waals surface area contributed by atoms with Crippen LogP contribution in [0.1, 0.15) is 18.4 Å². The zero-order valence-corrected chi connectivity index (χ0v) is 12.0. The third-order valence-electron chi connectivity index (χ3n) is 3.85. The second kappa shape index (κ2) is 6.72. The Balaban J connectivity index is 2.09. The number of nitrogens with one attached hydrogen (secondary N) is 1. The van der Waals surface area contributed by atoms with Gasteiger partial charge < -0.3 is 15.2 Å². The monoisotopic (exact) mass is 278 g/mol. The van der Waals surface area contributed by atoms with E-state index in [4.69, 9.17) is 9.84 Å². The molecular weight excluding hydrogens is 256 g/mol. The van der Waals surface area contributed by atoms with Crippen LogP contribution in [-0.4, -0.2) is 55.0 Å². The molecule has 3 atom stereocenters. The number of likely N-dealkylation sites (tertiary alicyclic amines) is 1. The van der Waals surface area contributed by atoms with E-state index < -0.39 is 6.09 Å². The Hall–Kier alpha value is -1.59. The van der Waals surface area contributed by atoms with Gasteiger partial charge in [0.1, 0.15) is 0 Å². The highest BCUT2D eigenvalue weighted by Crippen LogP contribution is 2.27. The van der Waals surface area contributed by atoms with Crippen molar-refractivity contribution in [2.75, 3.05) is 26.7 Å². The van der Waals surface area contributed by atoms with Gasteiger partial charge in [-0.15, -0.1) is 0 Å². The molecule has 1 aromatic rings. The fourth-order valence-electron chi connectivity index (χ4n) is 2.82. The van der Waals surface area contributed by atoms with Crippen LogP contribution in [0.2, 0.25) is 0 Å². The number of methoxy groups -OCH3 is 1. The summed E-state index contributed by atoms with van der Waals surface area (Å²) in [6.07, 6.45) is -0.812. The standard InChI is InChI=1S/C15H22N2O3/c1-11(20-2)8-17-9-13(12-6-4-3-5-7-12)14(10-17)16-15(18)19/h3-7,11,13-14,16H,8-10H2,1-2H3,(H,18,19)/t11-,13-,14+/m0/s1. The maximum absolute atomic E-state index is 11.0. The Bertz CT molecular complexity index is 438. The van der Waals surface area contributed by atoms with Gasteiger partial charge in [-0.25, -0.2) is 4.79 Å². The minimum absolute atomic E-state index is 0.0704. The summed E-state index contributed by atoms with van der Waals surface area (Å²) in [5, 5.41) is 11.6. The van der Waals surface area contributed by atoms with Crippen LogP contribution >= 0.6 is 0 Å². The highest BCUT2D eigenvalue weighted by molar-refractivity contribution is 5.65. The number of carboxylic acid groups (broad SMARTS) is 1. The van der Waals surface area contributed by atoms with E-state index in [2.05, 4.69) is 22.3 Å². The molecule has 1 fully saturated rings. The van der Waals surface area contributed by atoms with Crippen LogP contribution in [0.25, 0.3) is 0 Å². The first kappa shape index (κ1) is 14.8. The van der Waals surface area contributed by atoms with E-state index in [9.17, 15) is 4.79 Å². The van der Waals surface area contributed by atoms with Gasteiger partial charge in [0.05, 0.1) is 12.1 Å². The molecule has 5 heteroatoms. The normalized spacial score (nSPS) is 24.5. The molecule has 110 valence electrons. The van der Waals surface area contributed by atoms with E-state index in [1.54, 1.807) is 7.11 Å². The summed E-state index contributed by atoms with van der Waals surface area (Å²) in [7, 11) is 1.70. The van der Waals surface area contributed by atoms with Crippen LogP contribution in [0.5, 0.6) is 0 Å². The summed E-state index contributed by atoms with van der Waals surface area (Å²) in [5.74, 6) is 0.191. The average Bonchev–Trinajstić information content (AvgIpc) is 2.81. The van der Waals surface area contributed by atoms with Crippen molar-refractivity contribution in [3.05, 3.63) is 35.9 Å². The predicted molar refractivity (Wildman–Crippen MR) is 77.0 cm³/mol. The van der Waals surface area contributed by atoms with Crippen LogP contribution in [0.3, 0.4) is 0 Å². The van der Waals surface area contributed by atoms with Crippen molar-refractivity contribution in [3.63, 3.8) is 0 Å². The van der Waals surface area contributed by atoms with Crippen LogP contribution in [0.4, 0.5) is 4.79 Å². The Morgan fingerprint density at radius 1 is 1.45 bits per heavy atom. The number of ether oxygens (including phenoxy) is 1.